The molecule has 1 aromatic rings. The fourth-order valence-electron chi connectivity index (χ4n) is 1.15. The van der Waals surface area contributed by atoms with Gasteiger partial charge in [-0.15, -0.1) is 0 Å². The number of rotatable bonds is 4. The van der Waals surface area contributed by atoms with Crippen LogP contribution in [0.15, 0.2) is 28.7 Å². The van der Waals surface area contributed by atoms with Gasteiger partial charge in [0.2, 0.25) is 0 Å². The number of halogens is 1. The third kappa shape index (κ3) is 7.26. The van der Waals surface area contributed by atoms with Crippen molar-refractivity contribution in [3.8, 4) is 0 Å². The average Bonchev–Trinajstić information content (AvgIpc) is 2.37. The molecule has 0 aliphatic heterocycles. The highest BCUT2D eigenvalue weighted by Gasteiger charge is 1.99. The molecule has 19 heavy (non-hydrogen) atoms. The summed E-state index contributed by atoms with van der Waals surface area (Å²) in [5, 5.41) is 6.85. The van der Waals surface area contributed by atoms with E-state index in [0.717, 1.165) is 10.2 Å². The highest BCUT2D eigenvalue weighted by atomic mass is 79.9. The summed E-state index contributed by atoms with van der Waals surface area (Å²) in [6, 6.07) is 7.69. The molecule has 1 rings (SSSR count). The molecule has 0 fully saturated rings. The summed E-state index contributed by atoms with van der Waals surface area (Å²) >= 11 is 13.5. The van der Waals surface area contributed by atoms with Gasteiger partial charge >= 0.3 is 0 Å². The third-order valence-corrected chi connectivity index (χ3v) is 2.91. The van der Waals surface area contributed by atoms with Crippen molar-refractivity contribution in [3.05, 3.63) is 28.7 Å². The number of anilines is 1. The van der Waals surface area contributed by atoms with Crippen LogP contribution in [0, 0.1) is 0 Å². The van der Waals surface area contributed by atoms with Crippen molar-refractivity contribution in [2.24, 2.45) is 0 Å². The van der Waals surface area contributed by atoms with Crippen molar-refractivity contribution >= 4 is 56.3 Å². The predicted molar refractivity (Wildman–Crippen MR) is 89.1 cm³/mol. The number of ether oxygens (including phenoxy) is 1. The topological polar surface area (TPSA) is 57.4 Å². The van der Waals surface area contributed by atoms with E-state index in [2.05, 4.69) is 37.4 Å². The van der Waals surface area contributed by atoms with Crippen LogP contribution < -0.4 is 21.5 Å². The van der Waals surface area contributed by atoms with E-state index in [-0.39, 0.29) is 0 Å². The zero-order valence-corrected chi connectivity index (χ0v) is 13.5. The van der Waals surface area contributed by atoms with Crippen LogP contribution in [-0.2, 0) is 4.74 Å². The third-order valence-electron chi connectivity index (χ3n) is 1.96. The summed E-state index contributed by atoms with van der Waals surface area (Å²) in [6.07, 6.45) is 0. The Balaban J connectivity index is 2.26. The molecule has 5 nitrogen and oxygen atoms in total. The van der Waals surface area contributed by atoms with Crippen molar-refractivity contribution < 1.29 is 4.74 Å². The van der Waals surface area contributed by atoms with Gasteiger partial charge in [-0.25, -0.2) is 0 Å². The fraction of sp³-hybridized carbons (Fsp3) is 0.273. The fourth-order valence-corrected chi connectivity index (χ4v) is 1.87. The molecule has 0 spiro atoms. The summed E-state index contributed by atoms with van der Waals surface area (Å²) in [6.45, 7) is 1.22. The first-order chi connectivity index (χ1) is 9.11. The monoisotopic (exact) mass is 362 g/mol. The summed E-state index contributed by atoms with van der Waals surface area (Å²) in [7, 11) is 1.63. The van der Waals surface area contributed by atoms with Gasteiger partial charge in [-0.05, 0) is 42.6 Å². The number of thiocarbonyl (C=S) groups is 2. The number of hydrogen-bond acceptors (Lipinski definition) is 3. The molecule has 0 saturated carbocycles. The number of nitrogens with one attached hydrogen (secondary N) is 4. The van der Waals surface area contributed by atoms with Gasteiger partial charge in [0.25, 0.3) is 0 Å². The Morgan fingerprint density at radius 1 is 1.26 bits per heavy atom. The van der Waals surface area contributed by atoms with Crippen LogP contribution >= 0.6 is 40.4 Å². The lowest BCUT2D eigenvalue weighted by molar-refractivity contribution is 0.204. The molecule has 0 bridgehead atoms. The summed E-state index contributed by atoms with van der Waals surface area (Å²) < 4.78 is 5.87. The van der Waals surface area contributed by atoms with Crippen molar-refractivity contribution in [2.45, 2.75) is 0 Å². The van der Waals surface area contributed by atoms with Crippen molar-refractivity contribution in [1.29, 1.82) is 0 Å². The second-order valence-electron chi connectivity index (χ2n) is 3.46. The molecule has 0 aliphatic rings. The maximum atomic E-state index is 5.12. The molecule has 1 aromatic carbocycles. The largest absolute Gasteiger partial charge is 0.383 e. The van der Waals surface area contributed by atoms with E-state index in [4.69, 9.17) is 29.2 Å². The van der Waals surface area contributed by atoms with Crippen LogP contribution in [0.3, 0.4) is 0 Å². The first kappa shape index (κ1) is 16.1. The lowest BCUT2D eigenvalue weighted by Crippen LogP contribution is -2.48. The van der Waals surface area contributed by atoms with Crippen LogP contribution in [-0.4, -0.2) is 30.5 Å². The summed E-state index contributed by atoms with van der Waals surface area (Å²) in [5.41, 5.74) is 6.44. The van der Waals surface area contributed by atoms with Gasteiger partial charge in [0.1, 0.15) is 0 Å². The maximum absolute atomic E-state index is 5.12. The van der Waals surface area contributed by atoms with E-state index in [1.54, 1.807) is 7.11 Å². The lowest BCUT2D eigenvalue weighted by atomic mass is 10.3. The quantitative estimate of drug-likeness (QED) is 0.370. The van der Waals surface area contributed by atoms with E-state index >= 15 is 0 Å². The molecular weight excluding hydrogens is 348 g/mol. The zero-order valence-electron chi connectivity index (χ0n) is 10.3. The van der Waals surface area contributed by atoms with Crippen LogP contribution in [0.2, 0.25) is 0 Å². The van der Waals surface area contributed by atoms with Gasteiger partial charge in [0.15, 0.2) is 10.2 Å². The van der Waals surface area contributed by atoms with Crippen molar-refractivity contribution in [1.82, 2.24) is 16.2 Å². The molecule has 0 amide bonds. The molecule has 0 unspecified atom stereocenters. The smallest absolute Gasteiger partial charge is 0.189 e. The molecule has 0 radical (unpaired) electrons. The van der Waals surface area contributed by atoms with Crippen LogP contribution in [0.4, 0.5) is 5.69 Å². The van der Waals surface area contributed by atoms with Gasteiger partial charge < -0.3 is 15.4 Å². The first-order valence-corrected chi connectivity index (χ1v) is 7.08. The Bertz CT molecular complexity index is 444. The van der Waals surface area contributed by atoms with E-state index in [9.17, 15) is 0 Å². The molecule has 4 N–H and O–H groups in total. The minimum Gasteiger partial charge on any atom is -0.383 e. The maximum Gasteiger partial charge on any atom is 0.189 e. The van der Waals surface area contributed by atoms with Gasteiger partial charge in [-0.2, -0.15) is 0 Å². The Kier molecular flexibility index (Phi) is 7.65. The van der Waals surface area contributed by atoms with Gasteiger partial charge in [0.05, 0.1) is 6.61 Å². The highest BCUT2D eigenvalue weighted by molar-refractivity contribution is 9.10. The molecule has 104 valence electrons. The summed E-state index contributed by atoms with van der Waals surface area (Å²) in [5.74, 6) is 0. The molecule has 0 aliphatic carbocycles. The number of methoxy groups -OCH3 is 1. The van der Waals surface area contributed by atoms with E-state index in [0.29, 0.717) is 23.4 Å². The van der Waals surface area contributed by atoms with Crippen molar-refractivity contribution in [3.63, 3.8) is 0 Å². The second-order valence-corrected chi connectivity index (χ2v) is 5.20. The second kappa shape index (κ2) is 9.03. The predicted octanol–water partition coefficient (Wildman–Crippen LogP) is 1.76. The van der Waals surface area contributed by atoms with Crippen LogP contribution in [0.25, 0.3) is 0 Å². The standard InChI is InChI=1S/C11H15BrN4OS2/c1-17-6-5-13-10(18)15-16-11(19)14-9-4-2-3-8(12)7-9/h2-4,7H,5-6H2,1H3,(H2,13,15,18)(H2,14,16,19). The van der Waals surface area contributed by atoms with Crippen LogP contribution in [0.5, 0.6) is 0 Å². The van der Waals surface area contributed by atoms with E-state index in [1.165, 1.54) is 0 Å². The van der Waals surface area contributed by atoms with Crippen molar-refractivity contribution in [2.75, 3.05) is 25.6 Å². The number of hydrogen-bond donors (Lipinski definition) is 4. The zero-order chi connectivity index (χ0) is 14.1. The molecule has 0 heterocycles. The average molecular weight is 363 g/mol. The highest BCUT2D eigenvalue weighted by Crippen LogP contribution is 2.15. The Morgan fingerprint density at radius 2 is 2.00 bits per heavy atom. The minimum atomic E-state index is 0.425. The molecule has 0 aromatic heterocycles. The number of hydrazine groups is 1. The van der Waals surface area contributed by atoms with Gasteiger partial charge in [0, 0.05) is 23.8 Å². The van der Waals surface area contributed by atoms with E-state index in [1.807, 2.05) is 24.3 Å². The Labute approximate surface area is 131 Å². The van der Waals surface area contributed by atoms with Gasteiger partial charge in [-0.1, -0.05) is 22.0 Å². The van der Waals surface area contributed by atoms with Gasteiger partial charge in [-0.3, -0.25) is 10.9 Å². The molecule has 0 saturated heterocycles. The van der Waals surface area contributed by atoms with E-state index < -0.39 is 0 Å². The Morgan fingerprint density at radius 3 is 2.68 bits per heavy atom. The molecule has 0 atom stereocenters. The number of benzene rings is 1. The Hall–Kier alpha value is -0.960. The van der Waals surface area contributed by atoms with Crippen LogP contribution in [0.1, 0.15) is 0 Å². The normalized spacial score (nSPS) is 9.58. The SMILES string of the molecule is COCCNC(=S)NNC(=S)Nc1cccc(Br)c1. The molecule has 8 heteroatoms. The molecular formula is C11H15BrN4OS2. The minimum absolute atomic E-state index is 0.425. The first-order valence-electron chi connectivity index (χ1n) is 5.47. The summed E-state index contributed by atoms with van der Waals surface area (Å²) in [4.78, 5) is 0. The lowest BCUT2D eigenvalue weighted by Gasteiger charge is -2.14.